The number of H-pyrrole nitrogens is 1. The van der Waals surface area contributed by atoms with Crippen LogP contribution in [0.5, 0.6) is 0 Å². The maximum Gasteiger partial charge on any atom is 0.341 e. The number of benzene rings is 1. The second kappa shape index (κ2) is 4.40. The molecule has 2 N–H and O–H groups in total. The predicted octanol–water partition coefficient (Wildman–Crippen LogP) is 1.58. The summed E-state index contributed by atoms with van der Waals surface area (Å²) in [5, 5.41) is 15.2. The number of halogens is 1. The first kappa shape index (κ1) is 12.0. The number of aromatic nitrogens is 2. The van der Waals surface area contributed by atoms with E-state index in [-0.39, 0.29) is 17.0 Å². The number of hydrogen-bond acceptors (Lipinski definition) is 3. The number of rotatable bonds is 2. The van der Waals surface area contributed by atoms with Crippen molar-refractivity contribution in [3.05, 3.63) is 51.6 Å². The number of aromatic carboxylic acids is 1. The molecule has 1 aromatic heterocycles. The van der Waals surface area contributed by atoms with Crippen molar-refractivity contribution in [2.75, 3.05) is 0 Å². The Labute approximate surface area is 101 Å². The monoisotopic (exact) mass is 248 g/mol. The number of nitrogens with zero attached hydrogens (tertiary/aromatic N) is 1. The highest BCUT2D eigenvalue weighted by Gasteiger charge is 2.17. The van der Waals surface area contributed by atoms with Crippen LogP contribution in [0.3, 0.4) is 0 Å². The van der Waals surface area contributed by atoms with Gasteiger partial charge in [-0.2, -0.15) is 5.10 Å². The molecule has 0 bridgehead atoms. The summed E-state index contributed by atoms with van der Waals surface area (Å²) in [7, 11) is 0. The molecule has 0 saturated heterocycles. The molecule has 0 unspecified atom stereocenters. The van der Waals surface area contributed by atoms with E-state index in [4.69, 9.17) is 5.11 Å². The van der Waals surface area contributed by atoms with Crippen LogP contribution in [0.1, 0.15) is 16.1 Å². The fraction of sp³-hybridized carbons (Fsp3) is 0.0833. The molecule has 0 aliphatic carbocycles. The van der Waals surface area contributed by atoms with Gasteiger partial charge in [-0.1, -0.05) is 0 Å². The van der Waals surface area contributed by atoms with Crippen LogP contribution in [-0.2, 0) is 0 Å². The molecule has 0 aliphatic rings. The van der Waals surface area contributed by atoms with Crippen molar-refractivity contribution in [3.8, 4) is 11.3 Å². The zero-order valence-electron chi connectivity index (χ0n) is 9.40. The summed E-state index contributed by atoms with van der Waals surface area (Å²) in [4.78, 5) is 22.9. The van der Waals surface area contributed by atoms with Gasteiger partial charge in [0.05, 0.1) is 0 Å². The average molecular weight is 248 g/mol. The summed E-state index contributed by atoms with van der Waals surface area (Å²) >= 11 is 0. The lowest BCUT2D eigenvalue weighted by Crippen LogP contribution is -2.21. The Morgan fingerprint density at radius 2 is 1.94 bits per heavy atom. The normalized spacial score (nSPS) is 10.3. The Bertz CT molecular complexity index is 662. The van der Waals surface area contributed by atoms with Crippen molar-refractivity contribution in [3.63, 3.8) is 0 Å². The number of carbonyl (C=O) groups is 1. The summed E-state index contributed by atoms with van der Waals surface area (Å²) in [5.41, 5.74) is -0.550. The minimum atomic E-state index is -1.32. The molecule has 18 heavy (non-hydrogen) atoms. The molecule has 0 radical (unpaired) electrons. The van der Waals surface area contributed by atoms with Crippen LogP contribution in [0, 0.1) is 12.7 Å². The Hall–Kier alpha value is -2.50. The quantitative estimate of drug-likeness (QED) is 0.845. The molecule has 1 heterocycles. The number of aromatic amines is 1. The Morgan fingerprint density at radius 1 is 1.33 bits per heavy atom. The lowest BCUT2D eigenvalue weighted by Gasteiger charge is -2.03. The summed E-state index contributed by atoms with van der Waals surface area (Å²) in [5.74, 6) is -1.76. The third-order valence-electron chi connectivity index (χ3n) is 2.48. The van der Waals surface area contributed by atoms with Crippen LogP contribution in [0.4, 0.5) is 4.39 Å². The van der Waals surface area contributed by atoms with E-state index in [2.05, 4.69) is 10.2 Å². The van der Waals surface area contributed by atoms with Crippen LogP contribution in [0.2, 0.25) is 0 Å². The lowest BCUT2D eigenvalue weighted by molar-refractivity contribution is 0.0694. The molecular weight excluding hydrogens is 239 g/mol. The second-order valence-corrected chi connectivity index (χ2v) is 3.71. The fourth-order valence-corrected chi connectivity index (χ4v) is 1.60. The van der Waals surface area contributed by atoms with Gasteiger partial charge in [-0.15, -0.1) is 0 Å². The number of carboxylic acid groups (broad SMARTS) is 1. The van der Waals surface area contributed by atoms with Gasteiger partial charge in [0.25, 0.3) is 0 Å². The van der Waals surface area contributed by atoms with Gasteiger partial charge in [0.2, 0.25) is 5.43 Å². The molecule has 0 saturated carbocycles. The first-order valence-electron chi connectivity index (χ1n) is 5.09. The Morgan fingerprint density at radius 3 is 2.50 bits per heavy atom. The number of nitrogens with one attached hydrogen (secondary N) is 1. The van der Waals surface area contributed by atoms with Crippen LogP contribution >= 0.6 is 0 Å². The number of aryl methyl sites for hydroxylation is 1. The van der Waals surface area contributed by atoms with E-state index in [1.165, 1.54) is 31.2 Å². The highest BCUT2D eigenvalue weighted by atomic mass is 19.1. The van der Waals surface area contributed by atoms with Gasteiger partial charge in [0.1, 0.15) is 17.1 Å². The van der Waals surface area contributed by atoms with Gasteiger partial charge in [0.15, 0.2) is 0 Å². The molecular formula is C12H9FN2O3. The fourth-order valence-electron chi connectivity index (χ4n) is 1.60. The summed E-state index contributed by atoms with van der Waals surface area (Å²) in [6, 6.07) is 5.09. The Kier molecular flexibility index (Phi) is 2.93. The van der Waals surface area contributed by atoms with Crippen molar-refractivity contribution >= 4 is 5.97 Å². The average Bonchev–Trinajstić information content (AvgIpc) is 2.30. The maximum absolute atomic E-state index is 12.8. The molecule has 0 fully saturated rings. The molecule has 2 aromatic rings. The Balaban J connectivity index is 2.67. The first-order chi connectivity index (χ1) is 8.50. The van der Waals surface area contributed by atoms with Gasteiger partial charge >= 0.3 is 5.97 Å². The van der Waals surface area contributed by atoms with Gasteiger partial charge in [-0.25, -0.2) is 9.18 Å². The second-order valence-electron chi connectivity index (χ2n) is 3.71. The zero-order chi connectivity index (χ0) is 13.3. The maximum atomic E-state index is 12.8. The molecule has 2 rings (SSSR count). The molecule has 5 nitrogen and oxygen atoms in total. The van der Waals surface area contributed by atoms with Crippen molar-refractivity contribution < 1.29 is 14.3 Å². The third-order valence-corrected chi connectivity index (χ3v) is 2.48. The smallest absolute Gasteiger partial charge is 0.341 e. The molecule has 1 aromatic carbocycles. The van der Waals surface area contributed by atoms with E-state index in [1.807, 2.05) is 0 Å². The van der Waals surface area contributed by atoms with E-state index in [9.17, 15) is 14.0 Å². The standard InChI is InChI=1S/C12H9FN2O3/c1-6-9(12(17)18)11(16)10(15-14-6)7-2-4-8(13)5-3-7/h2-5H,1H3,(H,14,16)(H,17,18). The van der Waals surface area contributed by atoms with E-state index in [1.54, 1.807) is 0 Å². The first-order valence-corrected chi connectivity index (χ1v) is 5.09. The van der Waals surface area contributed by atoms with Crippen LogP contribution in [0.25, 0.3) is 11.3 Å². The highest BCUT2D eigenvalue weighted by molar-refractivity contribution is 5.89. The largest absolute Gasteiger partial charge is 0.477 e. The van der Waals surface area contributed by atoms with E-state index < -0.39 is 17.2 Å². The minimum absolute atomic E-state index is 0.0435. The molecule has 92 valence electrons. The molecule has 0 aliphatic heterocycles. The number of hydrogen-bond donors (Lipinski definition) is 2. The molecule has 0 amide bonds. The zero-order valence-corrected chi connectivity index (χ0v) is 9.40. The van der Waals surface area contributed by atoms with Crippen LogP contribution < -0.4 is 5.43 Å². The minimum Gasteiger partial charge on any atom is -0.477 e. The molecule has 6 heteroatoms. The topological polar surface area (TPSA) is 83.0 Å². The van der Waals surface area contributed by atoms with Crippen molar-refractivity contribution in [1.29, 1.82) is 0 Å². The van der Waals surface area contributed by atoms with Crippen LogP contribution in [-0.4, -0.2) is 21.3 Å². The predicted molar refractivity (Wildman–Crippen MR) is 61.9 cm³/mol. The summed E-state index contributed by atoms with van der Waals surface area (Å²) < 4.78 is 12.8. The van der Waals surface area contributed by atoms with Gasteiger partial charge in [-0.3, -0.25) is 9.89 Å². The number of carboxylic acids is 1. The molecule has 0 atom stereocenters. The van der Waals surface area contributed by atoms with Crippen molar-refractivity contribution in [1.82, 2.24) is 10.2 Å². The molecule has 0 spiro atoms. The van der Waals surface area contributed by atoms with Gasteiger partial charge in [0, 0.05) is 11.3 Å². The third kappa shape index (κ3) is 2.00. The summed E-state index contributed by atoms with van der Waals surface area (Å²) in [6.07, 6.45) is 0. The summed E-state index contributed by atoms with van der Waals surface area (Å²) in [6.45, 7) is 1.45. The van der Waals surface area contributed by atoms with Gasteiger partial charge < -0.3 is 5.11 Å². The van der Waals surface area contributed by atoms with Crippen molar-refractivity contribution in [2.45, 2.75) is 6.92 Å². The SMILES string of the molecule is Cc1[nH]nc(-c2ccc(F)cc2)c(=O)c1C(=O)O. The van der Waals surface area contributed by atoms with Gasteiger partial charge in [-0.05, 0) is 31.2 Å². The van der Waals surface area contributed by atoms with E-state index >= 15 is 0 Å². The van der Waals surface area contributed by atoms with E-state index in [0.717, 1.165) is 0 Å². The highest BCUT2D eigenvalue weighted by Crippen LogP contribution is 2.14. The van der Waals surface area contributed by atoms with Crippen molar-refractivity contribution in [2.24, 2.45) is 0 Å². The lowest BCUT2D eigenvalue weighted by atomic mass is 10.1. The van der Waals surface area contributed by atoms with E-state index in [0.29, 0.717) is 5.56 Å². The van der Waals surface area contributed by atoms with Crippen LogP contribution in [0.15, 0.2) is 29.1 Å².